The van der Waals surface area contributed by atoms with E-state index in [4.69, 9.17) is 22.1 Å². The summed E-state index contributed by atoms with van der Waals surface area (Å²) < 4.78 is 5.40. The maximum Gasteiger partial charge on any atom is 0.335 e. The number of carbonyl (C=O) groups is 3. The number of nitrogens with one attached hydrogen (secondary N) is 1. The number of carboxylic acids is 1. The number of rotatable bonds is 4. The number of benzene rings is 3. The van der Waals surface area contributed by atoms with Gasteiger partial charge in [-0.3, -0.25) is 19.8 Å². The van der Waals surface area contributed by atoms with Crippen molar-refractivity contribution in [3.05, 3.63) is 77.4 Å². The standard InChI is InChI=1S/C23H16N2O5S/c1-30-19-11-8-14(16-4-2-3-5-17(16)19)12-18-20(26)24-23(31)25(21(18)27)15-9-6-13(7-10-15)22(28)29/h2-12H,1H3,(H,28,29)(H,24,26,31)/b18-12+. The topological polar surface area (TPSA) is 95.9 Å². The quantitative estimate of drug-likeness (QED) is 0.373. The van der Waals surface area contributed by atoms with Crippen LogP contribution in [0.25, 0.3) is 16.8 Å². The minimum absolute atomic E-state index is 0.0728. The number of hydrogen-bond acceptors (Lipinski definition) is 5. The average Bonchev–Trinajstić information content (AvgIpc) is 2.76. The molecular formula is C23H16N2O5S. The molecule has 1 saturated heterocycles. The molecule has 8 heteroatoms. The number of fused-ring (bicyclic) bond motifs is 1. The summed E-state index contributed by atoms with van der Waals surface area (Å²) in [7, 11) is 1.58. The van der Waals surface area contributed by atoms with Crippen LogP contribution in [0, 0.1) is 0 Å². The summed E-state index contributed by atoms with van der Waals surface area (Å²) in [4.78, 5) is 38.0. The highest BCUT2D eigenvalue weighted by molar-refractivity contribution is 7.80. The van der Waals surface area contributed by atoms with Crippen molar-refractivity contribution in [1.82, 2.24) is 5.32 Å². The second-order valence-corrected chi connectivity index (χ2v) is 7.10. The predicted octanol–water partition coefficient (Wildman–Crippen LogP) is 3.38. The van der Waals surface area contributed by atoms with E-state index in [-0.39, 0.29) is 16.2 Å². The molecule has 7 nitrogen and oxygen atoms in total. The molecule has 2 N–H and O–H groups in total. The van der Waals surface area contributed by atoms with E-state index in [0.29, 0.717) is 17.0 Å². The molecular weight excluding hydrogens is 416 g/mol. The Labute approximate surface area is 182 Å². The van der Waals surface area contributed by atoms with Crippen LogP contribution >= 0.6 is 12.2 Å². The van der Waals surface area contributed by atoms with Crippen molar-refractivity contribution in [2.24, 2.45) is 0 Å². The molecule has 1 heterocycles. The number of methoxy groups -OCH3 is 1. The van der Waals surface area contributed by atoms with E-state index in [1.54, 1.807) is 19.2 Å². The van der Waals surface area contributed by atoms with Crippen molar-refractivity contribution in [3.63, 3.8) is 0 Å². The second-order valence-electron chi connectivity index (χ2n) is 6.71. The Bertz CT molecular complexity index is 1280. The van der Waals surface area contributed by atoms with Crippen LogP contribution in [-0.4, -0.2) is 35.1 Å². The van der Waals surface area contributed by atoms with Crippen LogP contribution in [0.4, 0.5) is 5.69 Å². The van der Waals surface area contributed by atoms with Crippen molar-refractivity contribution < 1.29 is 24.2 Å². The van der Waals surface area contributed by atoms with E-state index < -0.39 is 17.8 Å². The van der Waals surface area contributed by atoms with Gasteiger partial charge in [0.2, 0.25) is 0 Å². The zero-order chi connectivity index (χ0) is 22.1. The Morgan fingerprint density at radius 1 is 1.03 bits per heavy atom. The van der Waals surface area contributed by atoms with Crippen molar-refractivity contribution in [2.75, 3.05) is 12.0 Å². The Morgan fingerprint density at radius 2 is 1.71 bits per heavy atom. The summed E-state index contributed by atoms with van der Waals surface area (Å²) in [5.41, 5.74) is 1.00. The van der Waals surface area contributed by atoms with Gasteiger partial charge < -0.3 is 9.84 Å². The number of amides is 2. The minimum atomic E-state index is -1.08. The zero-order valence-corrected chi connectivity index (χ0v) is 17.1. The fraction of sp³-hybridized carbons (Fsp3) is 0.0435. The van der Waals surface area contributed by atoms with Gasteiger partial charge in [-0.15, -0.1) is 0 Å². The molecule has 154 valence electrons. The molecule has 31 heavy (non-hydrogen) atoms. The zero-order valence-electron chi connectivity index (χ0n) is 16.3. The van der Waals surface area contributed by atoms with Crippen molar-refractivity contribution in [1.29, 1.82) is 0 Å². The van der Waals surface area contributed by atoms with E-state index in [0.717, 1.165) is 10.8 Å². The van der Waals surface area contributed by atoms with Gasteiger partial charge in [0, 0.05) is 5.39 Å². The molecule has 2 amide bonds. The molecule has 0 aliphatic carbocycles. The molecule has 0 saturated carbocycles. The smallest absolute Gasteiger partial charge is 0.335 e. The number of nitrogens with zero attached hydrogens (tertiary/aromatic N) is 1. The van der Waals surface area contributed by atoms with E-state index in [1.165, 1.54) is 35.2 Å². The van der Waals surface area contributed by atoms with E-state index in [2.05, 4.69) is 5.32 Å². The molecule has 1 fully saturated rings. The van der Waals surface area contributed by atoms with Crippen molar-refractivity contribution in [2.45, 2.75) is 0 Å². The number of ether oxygens (including phenoxy) is 1. The third kappa shape index (κ3) is 3.64. The van der Waals surface area contributed by atoms with Gasteiger partial charge in [-0.1, -0.05) is 30.3 Å². The first kappa shape index (κ1) is 20.2. The summed E-state index contributed by atoms with van der Waals surface area (Å²) >= 11 is 5.19. The number of hydrogen-bond donors (Lipinski definition) is 2. The summed E-state index contributed by atoms with van der Waals surface area (Å²) in [6, 6.07) is 16.7. The third-order valence-corrected chi connectivity index (χ3v) is 5.20. The van der Waals surface area contributed by atoms with Crippen LogP contribution in [0.15, 0.2) is 66.2 Å². The van der Waals surface area contributed by atoms with E-state index in [9.17, 15) is 14.4 Å². The lowest BCUT2D eigenvalue weighted by atomic mass is 10.00. The SMILES string of the molecule is COc1ccc(/C=C2\C(=O)NC(=S)N(c3ccc(C(=O)O)cc3)C2=O)c2ccccc12. The summed E-state index contributed by atoms with van der Waals surface area (Å²) in [5.74, 6) is -1.61. The fourth-order valence-electron chi connectivity index (χ4n) is 3.40. The highest BCUT2D eigenvalue weighted by Gasteiger charge is 2.34. The number of thiocarbonyl (C=S) groups is 1. The first-order valence-electron chi connectivity index (χ1n) is 9.21. The van der Waals surface area contributed by atoms with Gasteiger partial charge in [-0.25, -0.2) is 4.79 Å². The number of carboxylic acid groups (broad SMARTS) is 1. The first-order chi connectivity index (χ1) is 14.9. The molecule has 1 aliphatic heterocycles. The highest BCUT2D eigenvalue weighted by Crippen LogP contribution is 2.30. The largest absolute Gasteiger partial charge is 0.496 e. The lowest BCUT2D eigenvalue weighted by Gasteiger charge is -2.29. The van der Waals surface area contributed by atoms with Gasteiger partial charge in [0.15, 0.2) is 5.11 Å². The lowest BCUT2D eigenvalue weighted by molar-refractivity contribution is -0.122. The molecule has 4 rings (SSSR count). The van der Waals surface area contributed by atoms with Crippen molar-refractivity contribution >= 4 is 57.6 Å². The molecule has 0 bridgehead atoms. The summed E-state index contributed by atoms with van der Waals surface area (Å²) in [5, 5.41) is 13.2. The minimum Gasteiger partial charge on any atom is -0.496 e. The van der Waals surface area contributed by atoms with Crippen LogP contribution in [0.5, 0.6) is 5.75 Å². The number of aromatic carboxylic acids is 1. The molecule has 0 unspecified atom stereocenters. The lowest BCUT2D eigenvalue weighted by Crippen LogP contribution is -2.54. The summed E-state index contributed by atoms with van der Waals surface area (Å²) in [6.07, 6.45) is 1.51. The Morgan fingerprint density at radius 3 is 2.35 bits per heavy atom. The molecule has 0 atom stereocenters. The maximum atomic E-state index is 13.2. The average molecular weight is 432 g/mol. The van der Waals surface area contributed by atoms with Crippen LogP contribution in [-0.2, 0) is 9.59 Å². The normalized spacial score (nSPS) is 15.3. The van der Waals surface area contributed by atoms with Crippen molar-refractivity contribution in [3.8, 4) is 5.75 Å². The highest BCUT2D eigenvalue weighted by atomic mass is 32.1. The Kier molecular flexibility index (Phi) is 5.22. The van der Waals surface area contributed by atoms with E-state index in [1.807, 2.05) is 24.3 Å². The van der Waals surface area contributed by atoms with Crippen LogP contribution < -0.4 is 15.0 Å². The van der Waals surface area contributed by atoms with Crippen LogP contribution in [0.2, 0.25) is 0 Å². The third-order valence-electron chi connectivity index (χ3n) is 4.91. The van der Waals surface area contributed by atoms with Gasteiger partial charge in [-0.2, -0.15) is 0 Å². The fourth-order valence-corrected chi connectivity index (χ4v) is 3.68. The first-order valence-corrected chi connectivity index (χ1v) is 9.62. The van der Waals surface area contributed by atoms with Crippen LogP contribution in [0.1, 0.15) is 15.9 Å². The van der Waals surface area contributed by atoms with Gasteiger partial charge >= 0.3 is 5.97 Å². The molecule has 0 spiro atoms. The monoisotopic (exact) mass is 432 g/mol. The van der Waals surface area contributed by atoms with Gasteiger partial charge in [-0.05, 0) is 59.6 Å². The molecule has 1 aliphatic rings. The Hall–Kier alpha value is -4.04. The molecule has 3 aromatic carbocycles. The summed E-state index contributed by atoms with van der Waals surface area (Å²) in [6.45, 7) is 0. The molecule has 0 radical (unpaired) electrons. The molecule has 3 aromatic rings. The second kappa shape index (κ2) is 8.00. The number of carbonyl (C=O) groups excluding carboxylic acids is 2. The molecule has 0 aromatic heterocycles. The number of anilines is 1. The maximum absolute atomic E-state index is 13.2. The van der Waals surface area contributed by atoms with Crippen LogP contribution in [0.3, 0.4) is 0 Å². The van der Waals surface area contributed by atoms with E-state index >= 15 is 0 Å². The Balaban J connectivity index is 1.78. The predicted molar refractivity (Wildman–Crippen MR) is 120 cm³/mol. The van der Waals surface area contributed by atoms with Gasteiger partial charge in [0.25, 0.3) is 11.8 Å². The van der Waals surface area contributed by atoms with Gasteiger partial charge in [0.1, 0.15) is 11.3 Å². The van der Waals surface area contributed by atoms with Gasteiger partial charge in [0.05, 0.1) is 18.4 Å².